The molecular formula is C29H34N6O12. The van der Waals surface area contributed by atoms with Crippen LogP contribution in [-0.2, 0) is 28.5 Å². The van der Waals surface area contributed by atoms with Crippen LogP contribution in [0.1, 0.15) is 33.6 Å². The lowest BCUT2D eigenvalue weighted by Crippen LogP contribution is -2.54. The summed E-state index contributed by atoms with van der Waals surface area (Å²) in [5, 5.41) is 30.1. The number of nitrogens with one attached hydrogen (secondary N) is 3. The van der Waals surface area contributed by atoms with Crippen molar-refractivity contribution in [2.24, 2.45) is 0 Å². The van der Waals surface area contributed by atoms with Crippen LogP contribution in [0, 0.1) is 20.2 Å². The maximum atomic E-state index is 13.1. The molecule has 2 aromatic rings. The van der Waals surface area contributed by atoms with Crippen LogP contribution >= 0.6 is 0 Å². The molecule has 47 heavy (non-hydrogen) atoms. The highest BCUT2D eigenvalue weighted by Gasteiger charge is 2.45. The van der Waals surface area contributed by atoms with Crippen molar-refractivity contribution >= 4 is 46.4 Å². The van der Waals surface area contributed by atoms with Crippen molar-refractivity contribution in [2.75, 3.05) is 76.6 Å². The van der Waals surface area contributed by atoms with E-state index in [-0.39, 0.29) is 48.5 Å². The number of piperidine rings is 1. The number of fused-ring (bicyclic) bond motifs is 1. The molecular weight excluding hydrogens is 624 g/mol. The third kappa shape index (κ3) is 9.26. The van der Waals surface area contributed by atoms with E-state index < -0.39 is 45.2 Å². The first-order valence-electron chi connectivity index (χ1n) is 14.7. The molecule has 3 N–H and O–H groups in total. The van der Waals surface area contributed by atoms with Crippen molar-refractivity contribution in [3.63, 3.8) is 0 Å². The number of ether oxygens (including phenoxy) is 4. The zero-order valence-corrected chi connectivity index (χ0v) is 25.3. The Bertz CT molecular complexity index is 1500. The third-order valence-corrected chi connectivity index (χ3v) is 7.10. The Kier molecular flexibility index (Phi) is 12.6. The van der Waals surface area contributed by atoms with E-state index in [1.54, 1.807) is 12.1 Å². The Morgan fingerprint density at radius 1 is 0.766 bits per heavy atom. The number of hydrogen-bond acceptors (Lipinski definition) is 14. The Balaban J connectivity index is 1.01. The Morgan fingerprint density at radius 3 is 1.94 bits per heavy atom. The van der Waals surface area contributed by atoms with Crippen molar-refractivity contribution in [2.45, 2.75) is 18.9 Å². The summed E-state index contributed by atoms with van der Waals surface area (Å²) in [7, 11) is 0. The molecule has 0 aromatic heterocycles. The van der Waals surface area contributed by atoms with Crippen molar-refractivity contribution in [3.05, 3.63) is 67.8 Å². The number of nitro groups is 2. The third-order valence-electron chi connectivity index (χ3n) is 7.10. The highest BCUT2D eigenvalue weighted by Crippen LogP contribution is 2.32. The summed E-state index contributed by atoms with van der Waals surface area (Å²) < 4.78 is 21.8. The normalized spacial score (nSPS) is 15.8. The number of anilines is 2. The lowest BCUT2D eigenvalue weighted by atomic mass is 10.0. The number of imide groups is 2. The lowest BCUT2D eigenvalue weighted by Gasteiger charge is -2.27. The lowest BCUT2D eigenvalue weighted by molar-refractivity contribution is -0.393. The van der Waals surface area contributed by atoms with E-state index in [1.807, 2.05) is 0 Å². The minimum Gasteiger partial charge on any atom is -0.382 e. The molecule has 4 rings (SSSR count). The maximum Gasteiger partial charge on any atom is 0.299 e. The number of amides is 4. The fourth-order valence-electron chi connectivity index (χ4n) is 4.87. The number of nitro benzene ring substituents is 2. The summed E-state index contributed by atoms with van der Waals surface area (Å²) in [5.41, 5.74) is 0.222. The summed E-state index contributed by atoms with van der Waals surface area (Å²) in [6, 6.07) is 7.17. The minimum absolute atomic E-state index is 0.0468. The van der Waals surface area contributed by atoms with Crippen LogP contribution in [0.2, 0.25) is 0 Å². The second-order valence-corrected chi connectivity index (χ2v) is 10.2. The van der Waals surface area contributed by atoms with Gasteiger partial charge in [0.15, 0.2) is 0 Å². The Labute approximate surface area is 267 Å². The van der Waals surface area contributed by atoms with Gasteiger partial charge in [-0.2, -0.15) is 0 Å². The van der Waals surface area contributed by atoms with Gasteiger partial charge in [0.05, 0.1) is 79.9 Å². The van der Waals surface area contributed by atoms with Crippen LogP contribution in [0.25, 0.3) is 0 Å². The van der Waals surface area contributed by atoms with E-state index in [0.29, 0.717) is 58.5 Å². The summed E-state index contributed by atoms with van der Waals surface area (Å²) in [6.45, 7) is 3.06. The number of nitrogens with zero attached hydrogens (tertiary/aromatic N) is 3. The highest BCUT2D eigenvalue weighted by atomic mass is 16.6. The van der Waals surface area contributed by atoms with Gasteiger partial charge in [0.2, 0.25) is 11.8 Å². The minimum atomic E-state index is -1.03. The summed E-state index contributed by atoms with van der Waals surface area (Å²) >= 11 is 0. The number of rotatable bonds is 20. The van der Waals surface area contributed by atoms with Crippen LogP contribution in [0.15, 0.2) is 36.4 Å². The molecule has 252 valence electrons. The quantitative estimate of drug-likeness (QED) is 0.0792. The molecule has 2 heterocycles. The smallest absolute Gasteiger partial charge is 0.299 e. The average Bonchev–Trinajstić information content (AvgIpc) is 3.30. The highest BCUT2D eigenvalue weighted by molar-refractivity contribution is 6.25. The standard InChI is InChI=1S/C29H34N6O12/c36-25-7-6-23(27(37)32-25)33-28(38)20-2-1-3-22(26(20)29(33)39)31-9-11-45-13-15-47-17-16-46-14-12-44-10-8-30-21-5-4-19(34(40)41)18-24(21)35(42)43/h1-5,18,23,30-31H,6-17H2,(H,32,36,37). The van der Waals surface area contributed by atoms with Gasteiger partial charge < -0.3 is 29.6 Å². The predicted molar refractivity (Wildman–Crippen MR) is 163 cm³/mol. The van der Waals surface area contributed by atoms with Gasteiger partial charge in [-0.05, 0) is 24.6 Å². The average molecular weight is 659 g/mol. The molecule has 0 saturated carbocycles. The second-order valence-electron chi connectivity index (χ2n) is 10.2. The largest absolute Gasteiger partial charge is 0.382 e. The van der Waals surface area contributed by atoms with Gasteiger partial charge in [0, 0.05) is 31.3 Å². The Morgan fingerprint density at radius 2 is 1.36 bits per heavy atom. The Hall–Kier alpha value is -5.04. The van der Waals surface area contributed by atoms with E-state index in [0.717, 1.165) is 11.0 Å². The topological polar surface area (TPSA) is 231 Å². The van der Waals surface area contributed by atoms with Crippen molar-refractivity contribution in [3.8, 4) is 0 Å². The number of non-ortho nitro benzene ring substituents is 1. The van der Waals surface area contributed by atoms with Gasteiger partial charge in [0.25, 0.3) is 23.2 Å². The molecule has 2 aliphatic heterocycles. The van der Waals surface area contributed by atoms with Crippen LogP contribution in [0.4, 0.5) is 22.7 Å². The van der Waals surface area contributed by atoms with Gasteiger partial charge in [-0.1, -0.05) is 6.07 Å². The van der Waals surface area contributed by atoms with Crippen LogP contribution in [0.3, 0.4) is 0 Å². The molecule has 1 unspecified atom stereocenters. The molecule has 1 saturated heterocycles. The van der Waals surface area contributed by atoms with Crippen molar-refractivity contribution in [1.82, 2.24) is 10.2 Å². The first-order chi connectivity index (χ1) is 22.7. The van der Waals surface area contributed by atoms with Crippen LogP contribution in [-0.4, -0.2) is 110 Å². The zero-order valence-electron chi connectivity index (χ0n) is 25.3. The van der Waals surface area contributed by atoms with Crippen LogP contribution < -0.4 is 16.0 Å². The predicted octanol–water partition coefficient (Wildman–Crippen LogP) is 1.49. The first-order valence-corrected chi connectivity index (χ1v) is 14.7. The summed E-state index contributed by atoms with van der Waals surface area (Å²) in [4.78, 5) is 71.3. The fourth-order valence-corrected chi connectivity index (χ4v) is 4.87. The first kappa shape index (κ1) is 34.8. The molecule has 0 spiro atoms. The molecule has 2 aromatic carbocycles. The molecule has 0 radical (unpaired) electrons. The molecule has 18 nitrogen and oxygen atoms in total. The van der Waals surface area contributed by atoms with Gasteiger partial charge in [-0.3, -0.25) is 49.6 Å². The molecule has 0 bridgehead atoms. The van der Waals surface area contributed by atoms with Crippen molar-refractivity contribution < 1.29 is 48.0 Å². The molecule has 2 aliphatic rings. The van der Waals surface area contributed by atoms with Gasteiger partial charge in [-0.15, -0.1) is 0 Å². The SMILES string of the molecule is O=C1CCC(N2C(=O)c3cccc(NCCOCCOCCOCCOCCNc4ccc([N+](=O)[O-])cc4[N+](=O)[O-])c3C2=O)C(=O)N1. The molecule has 4 amide bonds. The number of hydrogen-bond donors (Lipinski definition) is 3. The van der Waals surface area contributed by atoms with E-state index in [2.05, 4.69) is 16.0 Å². The number of carbonyl (C=O) groups excluding carboxylic acids is 4. The monoisotopic (exact) mass is 658 g/mol. The van der Waals surface area contributed by atoms with Gasteiger partial charge >= 0.3 is 0 Å². The molecule has 1 fully saturated rings. The molecule has 0 aliphatic carbocycles. The molecule has 18 heteroatoms. The summed E-state index contributed by atoms with van der Waals surface area (Å²) in [5.74, 6) is -2.26. The summed E-state index contributed by atoms with van der Waals surface area (Å²) in [6.07, 6.45) is 0.130. The van der Waals surface area contributed by atoms with E-state index in [4.69, 9.17) is 18.9 Å². The molecule has 1 atom stereocenters. The van der Waals surface area contributed by atoms with Gasteiger partial charge in [-0.25, -0.2) is 0 Å². The second kappa shape index (κ2) is 17.0. The number of carbonyl (C=O) groups is 4. The van der Waals surface area contributed by atoms with E-state index >= 15 is 0 Å². The van der Waals surface area contributed by atoms with Gasteiger partial charge in [0.1, 0.15) is 11.7 Å². The number of benzene rings is 2. The van der Waals surface area contributed by atoms with E-state index in [9.17, 15) is 39.4 Å². The van der Waals surface area contributed by atoms with Crippen LogP contribution in [0.5, 0.6) is 0 Å². The van der Waals surface area contributed by atoms with Crippen molar-refractivity contribution in [1.29, 1.82) is 0 Å². The fraction of sp³-hybridized carbons (Fsp3) is 0.448. The maximum absolute atomic E-state index is 13.1. The van der Waals surface area contributed by atoms with E-state index in [1.165, 1.54) is 18.2 Å². The zero-order chi connectivity index (χ0) is 33.8.